The molecule has 9 heteroatoms. The number of nitrogens with zero attached hydrogens (tertiary/aromatic N) is 1. The summed E-state index contributed by atoms with van der Waals surface area (Å²) in [5, 5.41) is 10.7. The third kappa shape index (κ3) is 4.82. The predicted molar refractivity (Wildman–Crippen MR) is 119 cm³/mol. The highest BCUT2D eigenvalue weighted by molar-refractivity contribution is 6.31. The predicted octanol–water partition coefficient (Wildman–Crippen LogP) is 6.50. The van der Waals surface area contributed by atoms with Crippen LogP contribution < -0.4 is 10.2 Å². The molecule has 0 amide bonds. The zero-order chi connectivity index (χ0) is 23.9. The summed E-state index contributed by atoms with van der Waals surface area (Å²) >= 11 is 5.97. The number of phenols is 1. The normalized spacial score (nSPS) is 15.8. The van der Waals surface area contributed by atoms with Crippen molar-refractivity contribution in [1.82, 2.24) is 4.90 Å². The molecule has 0 atom stereocenters. The van der Waals surface area contributed by atoms with E-state index in [9.17, 15) is 23.1 Å². The number of ether oxygens (including phenoxy) is 1. The number of rotatable bonds is 4. The minimum Gasteiger partial charge on any atom is -0.507 e. The minimum absolute atomic E-state index is 0.0236. The number of halogens is 4. The van der Waals surface area contributed by atoms with Gasteiger partial charge in [0.15, 0.2) is 0 Å². The fraction of sp³-hybridized carbons (Fsp3) is 0.375. The van der Waals surface area contributed by atoms with E-state index in [4.69, 9.17) is 20.8 Å². The Kier molecular flexibility index (Phi) is 6.33. The zero-order valence-electron chi connectivity index (χ0n) is 18.1. The highest BCUT2D eigenvalue weighted by atomic mass is 35.5. The Hall–Kier alpha value is -2.71. The van der Waals surface area contributed by atoms with Gasteiger partial charge in [0.05, 0.1) is 10.9 Å². The maximum atomic E-state index is 13.9. The summed E-state index contributed by atoms with van der Waals surface area (Å²) in [6.45, 7) is 5.46. The number of phenolic OH excluding ortho intramolecular Hbond substituents is 1. The summed E-state index contributed by atoms with van der Waals surface area (Å²) in [7, 11) is 0. The summed E-state index contributed by atoms with van der Waals surface area (Å²) in [6, 6.07) is 6.82. The smallest absolute Gasteiger partial charge is 0.453 e. The largest absolute Gasteiger partial charge is 0.507 e. The second kappa shape index (κ2) is 8.91. The monoisotopic (exact) mass is 481 g/mol. The van der Waals surface area contributed by atoms with E-state index >= 15 is 0 Å². The first kappa shape index (κ1) is 23.4. The molecule has 1 aliphatic heterocycles. The van der Waals surface area contributed by atoms with E-state index < -0.39 is 23.1 Å². The number of aryl methyl sites for hydroxylation is 1. The van der Waals surface area contributed by atoms with Gasteiger partial charge in [-0.05, 0) is 74.7 Å². The molecule has 0 aliphatic carbocycles. The summed E-state index contributed by atoms with van der Waals surface area (Å²) in [5.41, 5.74) is -0.523. The van der Waals surface area contributed by atoms with Crippen LogP contribution in [0.15, 0.2) is 39.5 Å². The second-order valence-corrected chi connectivity index (χ2v) is 8.91. The van der Waals surface area contributed by atoms with Gasteiger partial charge in [0.25, 0.3) is 5.76 Å². The van der Waals surface area contributed by atoms with Crippen molar-refractivity contribution in [2.45, 2.75) is 39.4 Å². The maximum Gasteiger partial charge on any atom is 0.453 e. The number of hydrogen-bond acceptors (Lipinski definition) is 5. The van der Waals surface area contributed by atoms with E-state index in [1.807, 2.05) is 4.90 Å². The van der Waals surface area contributed by atoms with Crippen molar-refractivity contribution in [2.24, 2.45) is 5.92 Å². The Morgan fingerprint density at radius 1 is 1.21 bits per heavy atom. The molecule has 33 heavy (non-hydrogen) atoms. The summed E-state index contributed by atoms with van der Waals surface area (Å²) in [5.74, 6) is -2.14. The molecule has 2 aromatic carbocycles. The molecule has 2 heterocycles. The van der Waals surface area contributed by atoms with Crippen LogP contribution in [0.3, 0.4) is 0 Å². The maximum absolute atomic E-state index is 13.9. The second-order valence-electron chi connectivity index (χ2n) is 8.50. The third-order valence-corrected chi connectivity index (χ3v) is 6.39. The molecule has 3 aromatic rings. The van der Waals surface area contributed by atoms with Gasteiger partial charge in [-0.25, -0.2) is 0 Å². The van der Waals surface area contributed by atoms with Gasteiger partial charge in [0.2, 0.25) is 11.2 Å². The van der Waals surface area contributed by atoms with Crippen molar-refractivity contribution < 1.29 is 27.4 Å². The first-order valence-electron chi connectivity index (χ1n) is 10.6. The average molecular weight is 482 g/mol. The molecule has 4 rings (SSSR count). The van der Waals surface area contributed by atoms with Crippen LogP contribution in [0.25, 0.3) is 11.0 Å². The van der Waals surface area contributed by atoms with Crippen molar-refractivity contribution >= 4 is 22.6 Å². The minimum atomic E-state index is -4.99. The Balaban J connectivity index is 1.84. The Labute approximate surface area is 193 Å². The number of hydrogen-bond donors (Lipinski definition) is 1. The van der Waals surface area contributed by atoms with Crippen molar-refractivity contribution in [3.8, 4) is 17.2 Å². The Morgan fingerprint density at radius 3 is 2.55 bits per heavy atom. The van der Waals surface area contributed by atoms with Gasteiger partial charge < -0.3 is 14.3 Å². The Morgan fingerprint density at radius 2 is 1.91 bits per heavy atom. The highest BCUT2D eigenvalue weighted by Gasteiger charge is 2.41. The van der Waals surface area contributed by atoms with Crippen molar-refractivity contribution in [3.63, 3.8) is 0 Å². The zero-order valence-corrected chi connectivity index (χ0v) is 18.9. The number of aromatic hydroxyl groups is 1. The van der Waals surface area contributed by atoms with Crippen LogP contribution in [-0.4, -0.2) is 23.1 Å². The fourth-order valence-corrected chi connectivity index (χ4v) is 4.08. The van der Waals surface area contributed by atoms with E-state index in [1.165, 1.54) is 30.3 Å². The van der Waals surface area contributed by atoms with E-state index in [-0.39, 0.29) is 34.6 Å². The molecule has 176 valence electrons. The first-order chi connectivity index (χ1) is 15.5. The fourth-order valence-electron chi connectivity index (χ4n) is 3.96. The number of alkyl halides is 3. The van der Waals surface area contributed by atoms with Crippen LogP contribution in [0, 0.1) is 12.8 Å². The van der Waals surface area contributed by atoms with Crippen LogP contribution in [0.2, 0.25) is 5.02 Å². The van der Waals surface area contributed by atoms with Gasteiger partial charge in [-0.2, -0.15) is 13.2 Å². The molecule has 0 unspecified atom stereocenters. The van der Waals surface area contributed by atoms with Gasteiger partial charge >= 0.3 is 6.18 Å². The molecule has 1 aliphatic rings. The van der Waals surface area contributed by atoms with E-state index in [0.29, 0.717) is 16.5 Å². The number of fused-ring (bicyclic) bond motifs is 1. The standard InChI is InChI=1S/C24H23ClF3NO4/c1-13-7-9-29(10-8-13)12-17-19(30)6-4-16-20(31)22(23(24(26,27)28)33-21(16)17)32-15-3-5-18(25)14(2)11-15/h3-6,11,13,30H,7-10,12H2,1-2H3. The molecular weight excluding hydrogens is 459 g/mol. The van der Waals surface area contributed by atoms with Crippen molar-refractivity contribution in [3.05, 3.63) is 62.5 Å². The lowest BCUT2D eigenvalue weighted by molar-refractivity contribution is -0.154. The van der Waals surface area contributed by atoms with Gasteiger partial charge in [-0.15, -0.1) is 0 Å². The highest BCUT2D eigenvalue weighted by Crippen LogP contribution is 2.40. The van der Waals surface area contributed by atoms with Crippen LogP contribution in [0.5, 0.6) is 17.2 Å². The number of benzene rings is 2. The molecule has 1 saturated heterocycles. The van der Waals surface area contributed by atoms with Crippen molar-refractivity contribution in [1.29, 1.82) is 0 Å². The molecule has 0 saturated carbocycles. The molecule has 0 bridgehead atoms. The van der Waals surface area contributed by atoms with Crippen LogP contribution in [0.4, 0.5) is 13.2 Å². The topological polar surface area (TPSA) is 62.9 Å². The Bertz CT molecular complexity index is 1250. The molecular formula is C24H23ClF3NO4. The van der Waals surface area contributed by atoms with Gasteiger partial charge in [-0.1, -0.05) is 18.5 Å². The van der Waals surface area contributed by atoms with Gasteiger partial charge in [-0.3, -0.25) is 9.69 Å². The van der Waals surface area contributed by atoms with Crippen LogP contribution in [-0.2, 0) is 12.7 Å². The molecule has 0 spiro atoms. The molecule has 0 radical (unpaired) electrons. The van der Waals surface area contributed by atoms with Crippen LogP contribution >= 0.6 is 11.6 Å². The number of likely N-dealkylation sites (tertiary alicyclic amines) is 1. The molecule has 1 aromatic heterocycles. The van der Waals surface area contributed by atoms with E-state index in [2.05, 4.69) is 6.92 Å². The van der Waals surface area contributed by atoms with E-state index in [1.54, 1.807) is 6.92 Å². The first-order valence-corrected chi connectivity index (χ1v) is 11.0. The number of piperidine rings is 1. The van der Waals surface area contributed by atoms with E-state index in [0.717, 1.165) is 25.9 Å². The molecule has 5 nitrogen and oxygen atoms in total. The molecule has 1 fully saturated rings. The summed E-state index contributed by atoms with van der Waals surface area (Å²) < 4.78 is 52.4. The van der Waals surface area contributed by atoms with Crippen molar-refractivity contribution in [2.75, 3.05) is 13.1 Å². The average Bonchev–Trinajstić information content (AvgIpc) is 2.75. The summed E-state index contributed by atoms with van der Waals surface area (Å²) in [4.78, 5) is 15.2. The van der Waals surface area contributed by atoms with Crippen LogP contribution in [0.1, 0.15) is 36.7 Å². The lowest BCUT2D eigenvalue weighted by Gasteiger charge is -2.30. The summed E-state index contributed by atoms with van der Waals surface area (Å²) in [6.07, 6.45) is -3.10. The SMILES string of the molecule is Cc1cc(Oc2c(C(F)(F)F)oc3c(CN4CCC(C)CC4)c(O)ccc3c2=O)ccc1Cl. The molecule has 1 N–H and O–H groups in total. The third-order valence-electron chi connectivity index (χ3n) is 5.96. The lowest BCUT2D eigenvalue weighted by Crippen LogP contribution is -2.32. The quantitative estimate of drug-likeness (QED) is 0.460. The van der Waals surface area contributed by atoms with Gasteiger partial charge in [0, 0.05) is 11.6 Å². The van der Waals surface area contributed by atoms with Gasteiger partial charge in [0.1, 0.15) is 17.1 Å². The lowest BCUT2D eigenvalue weighted by atomic mass is 9.98.